The van der Waals surface area contributed by atoms with Gasteiger partial charge in [-0.15, -0.1) is 0 Å². The van der Waals surface area contributed by atoms with Crippen LogP contribution in [0.2, 0.25) is 0 Å². The summed E-state index contributed by atoms with van der Waals surface area (Å²) in [5.41, 5.74) is 2.72. The minimum atomic E-state index is 0.940. The van der Waals surface area contributed by atoms with Crippen molar-refractivity contribution in [2.24, 2.45) is 5.92 Å². The summed E-state index contributed by atoms with van der Waals surface area (Å²) >= 11 is 3.73. The van der Waals surface area contributed by atoms with Gasteiger partial charge in [-0.05, 0) is 49.4 Å². The van der Waals surface area contributed by atoms with Crippen molar-refractivity contribution < 1.29 is 0 Å². The Morgan fingerprint density at radius 2 is 2.10 bits per heavy atom. The van der Waals surface area contributed by atoms with E-state index in [1.165, 1.54) is 60.9 Å². The molecule has 118 valence electrons. The third-order valence-electron chi connectivity index (χ3n) is 4.51. The lowest BCUT2D eigenvalue weighted by atomic mass is 9.96. The van der Waals surface area contributed by atoms with Gasteiger partial charge in [0.25, 0.3) is 0 Å². The number of nitrogens with one attached hydrogen (secondary N) is 1. The molecule has 0 aromatic heterocycles. The largest absolute Gasteiger partial charge is 0.371 e. The summed E-state index contributed by atoms with van der Waals surface area (Å²) in [5.74, 6) is 0.941. The highest BCUT2D eigenvalue weighted by Gasteiger charge is 2.17. The molecule has 1 heterocycles. The summed E-state index contributed by atoms with van der Waals surface area (Å²) in [6, 6.07) is 6.85. The smallest absolute Gasteiger partial charge is 0.0377 e. The molecule has 21 heavy (non-hydrogen) atoms. The molecule has 1 aromatic rings. The summed E-state index contributed by atoms with van der Waals surface area (Å²) in [5, 5.41) is 3.39. The quantitative estimate of drug-likeness (QED) is 0.777. The van der Waals surface area contributed by atoms with Gasteiger partial charge in [-0.3, -0.25) is 0 Å². The number of hydrogen-bond donors (Lipinski definition) is 1. The molecule has 1 saturated heterocycles. The Labute approximate surface area is 138 Å². The topological polar surface area (TPSA) is 15.3 Å². The molecule has 2 nitrogen and oxygen atoms in total. The summed E-state index contributed by atoms with van der Waals surface area (Å²) in [7, 11) is 0. The Kier molecular flexibility index (Phi) is 7.05. The summed E-state index contributed by atoms with van der Waals surface area (Å²) in [6.07, 6.45) is 6.82. The maximum atomic E-state index is 3.73. The van der Waals surface area contributed by atoms with Crippen LogP contribution in [0.15, 0.2) is 22.7 Å². The van der Waals surface area contributed by atoms with Crippen LogP contribution in [0.1, 0.15) is 51.5 Å². The van der Waals surface area contributed by atoms with Crippen LogP contribution >= 0.6 is 15.9 Å². The van der Waals surface area contributed by atoms with Crippen LogP contribution in [-0.4, -0.2) is 19.6 Å². The normalized spacial score (nSPS) is 19.6. The molecule has 0 radical (unpaired) electrons. The van der Waals surface area contributed by atoms with Crippen molar-refractivity contribution >= 4 is 21.6 Å². The molecule has 2 rings (SSSR count). The van der Waals surface area contributed by atoms with E-state index in [9.17, 15) is 0 Å². The molecular formula is C18H29BrN2. The van der Waals surface area contributed by atoms with Crippen molar-refractivity contribution in [2.45, 2.75) is 52.5 Å². The summed E-state index contributed by atoms with van der Waals surface area (Å²) < 4.78 is 1.23. The van der Waals surface area contributed by atoms with Gasteiger partial charge in [-0.25, -0.2) is 0 Å². The van der Waals surface area contributed by atoms with Crippen LogP contribution in [0.25, 0.3) is 0 Å². The number of anilines is 1. The first kappa shape index (κ1) is 16.8. The molecule has 3 heteroatoms. The van der Waals surface area contributed by atoms with E-state index in [-0.39, 0.29) is 0 Å². The van der Waals surface area contributed by atoms with Crippen molar-refractivity contribution in [3.63, 3.8) is 0 Å². The second-order valence-electron chi connectivity index (χ2n) is 6.13. The molecule has 0 bridgehead atoms. The summed E-state index contributed by atoms with van der Waals surface area (Å²) in [6.45, 7) is 8.83. The van der Waals surface area contributed by atoms with E-state index in [1.54, 1.807) is 0 Å². The molecule has 0 amide bonds. The maximum absolute atomic E-state index is 3.73. The average Bonchev–Trinajstić information content (AvgIpc) is 2.72. The second kappa shape index (κ2) is 8.79. The van der Waals surface area contributed by atoms with Gasteiger partial charge in [0.1, 0.15) is 0 Å². The highest BCUT2D eigenvalue weighted by molar-refractivity contribution is 9.10. The number of halogens is 1. The first-order chi connectivity index (χ1) is 10.2. The van der Waals surface area contributed by atoms with Crippen LogP contribution in [-0.2, 0) is 6.54 Å². The van der Waals surface area contributed by atoms with Crippen molar-refractivity contribution in [2.75, 3.05) is 24.5 Å². The first-order valence-corrected chi connectivity index (χ1v) is 9.28. The van der Waals surface area contributed by atoms with E-state index in [4.69, 9.17) is 0 Å². The third-order valence-corrected chi connectivity index (χ3v) is 5.25. The molecule has 1 atom stereocenters. The fourth-order valence-corrected chi connectivity index (χ4v) is 3.76. The van der Waals surface area contributed by atoms with Crippen LogP contribution < -0.4 is 10.2 Å². The molecular weight excluding hydrogens is 324 g/mol. The highest BCUT2D eigenvalue weighted by Crippen LogP contribution is 2.28. The lowest BCUT2D eigenvalue weighted by Gasteiger charge is -2.24. The standard InChI is InChI=1S/C18H29BrN2/c1-3-6-15-7-5-11-21(12-10-15)17-9-8-16(14-20-4-2)18(19)13-17/h8-9,13,15,20H,3-7,10-12,14H2,1-2H3. The number of hydrogen-bond acceptors (Lipinski definition) is 2. The van der Waals surface area contributed by atoms with Crippen molar-refractivity contribution in [3.05, 3.63) is 28.2 Å². The molecule has 0 saturated carbocycles. The zero-order chi connectivity index (χ0) is 15.1. The number of nitrogens with zero attached hydrogens (tertiary/aromatic N) is 1. The van der Waals surface area contributed by atoms with Crippen molar-refractivity contribution in [3.8, 4) is 0 Å². The van der Waals surface area contributed by atoms with E-state index >= 15 is 0 Å². The van der Waals surface area contributed by atoms with Gasteiger partial charge >= 0.3 is 0 Å². The zero-order valence-corrected chi connectivity index (χ0v) is 15.1. The van der Waals surface area contributed by atoms with E-state index in [1.807, 2.05) is 0 Å². The lowest BCUT2D eigenvalue weighted by molar-refractivity contribution is 0.435. The molecule has 1 fully saturated rings. The predicted molar refractivity (Wildman–Crippen MR) is 96.0 cm³/mol. The molecule has 1 aliphatic rings. The van der Waals surface area contributed by atoms with Gasteiger partial charge in [0, 0.05) is 29.8 Å². The van der Waals surface area contributed by atoms with Gasteiger partial charge in [0.05, 0.1) is 0 Å². The molecule has 0 spiro atoms. The van der Waals surface area contributed by atoms with E-state index < -0.39 is 0 Å². The Bertz CT molecular complexity index is 433. The van der Waals surface area contributed by atoms with E-state index in [0.29, 0.717) is 0 Å². The molecule has 1 aromatic carbocycles. The average molecular weight is 353 g/mol. The van der Waals surface area contributed by atoms with E-state index in [0.717, 1.165) is 19.0 Å². The van der Waals surface area contributed by atoms with Crippen molar-refractivity contribution in [1.82, 2.24) is 5.32 Å². The van der Waals surface area contributed by atoms with Crippen LogP contribution in [0.3, 0.4) is 0 Å². The minimum Gasteiger partial charge on any atom is -0.371 e. The van der Waals surface area contributed by atoms with Crippen LogP contribution in [0.4, 0.5) is 5.69 Å². The Morgan fingerprint density at radius 1 is 1.24 bits per heavy atom. The number of benzene rings is 1. The Hall–Kier alpha value is -0.540. The predicted octanol–water partition coefficient (Wildman–Crippen LogP) is 4.97. The van der Waals surface area contributed by atoms with Crippen LogP contribution in [0, 0.1) is 5.92 Å². The van der Waals surface area contributed by atoms with Gasteiger partial charge in [0.2, 0.25) is 0 Å². The molecule has 0 aliphatic carbocycles. The van der Waals surface area contributed by atoms with Gasteiger partial charge in [-0.1, -0.05) is 48.7 Å². The molecule has 1 aliphatic heterocycles. The Balaban J connectivity index is 1.99. The zero-order valence-electron chi connectivity index (χ0n) is 13.5. The molecule has 1 unspecified atom stereocenters. The minimum absolute atomic E-state index is 0.940. The SMILES string of the molecule is CCCC1CCCN(c2ccc(CNCC)c(Br)c2)CC1. The van der Waals surface area contributed by atoms with Crippen molar-refractivity contribution in [1.29, 1.82) is 0 Å². The third kappa shape index (κ3) is 5.00. The Morgan fingerprint density at radius 3 is 2.81 bits per heavy atom. The monoisotopic (exact) mass is 352 g/mol. The molecule has 1 N–H and O–H groups in total. The maximum Gasteiger partial charge on any atom is 0.0377 e. The van der Waals surface area contributed by atoms with E-state index in [2.05, 4.69) is 58.2 Å². The second-order valence-corrected chi connectivity index (χ2v) is 6.98. The van der Waals surface area contributed by atoms with Crippen LogP contribution in [0.5, 0.6) is 0 Å². The lowest BCUT2D eigenvalue weighted by Crippen LogP contribution is -2.24. The fourth-order valence-electron chi connectivity index (χ4n) is 3.26. The highest BCUT2D eigenvalue weighted by atomic mass is 79.9. The van der Waals surface area contributed by atoms with Gasteiger partial charge in [-0.2, -0.15) is 0 Å². The number of rotatable bonds is 6. The first-order valence-electron chi connectivity index (χ1n) is 8.48. The van der Waals surface area contributed by atoms with Gasteiger partial charge < -0.3 is 10.2 Å². The fraction of sp³-hybridized carbons (Fsp3) is 0.667. The van der Waals surface area contributed by atoms with Gasteiger partial charge in [0.15, 0.2) is 0 Å². The summed E-state index contributed by atoms with van der Waals surface area (Å²) in [4.78, 5) is 2.57.